The highest BCUT2D eigenvalue weighted by Gasteiger charge is 2.10. The summed E-state index contributed by atoms with van der Waals surface area (Å²) < 4.78 is 10.2. The van der Waals surface area contributed by atoms with Crippen LogP contribution in [-0.2, 0) is 9.47 Å². The summed E-state index contributed by atoms with van der Waals surface area (Å²) in [4.78, 5) is 0. The third kappa shape index (κ3) is 5.50. The van der Waals surface area contributed by atoms with Crippen molar-refractivity contribution in [2.45, 2.75) is 5.92 Å². The van der Waals surface area contributed by atoms with Crippen LogP contribution in [0.15, 0.2) is 24.3 Å². The molecule has 0 fully saturated rings. The molecule has 0 aliphatic heterocycles. The molecule has 0 saturated heterocycles. The second-order valence-corrected chi connectivity index (χ2v) is 4.34. The van der Waals surface area contributed by atoms with E-state index in [1.165, 1.54) is 5.56 Å². The van der Waals surface area contributed by atoms with Gasteiger partial charge in [0.25, 0.3) is 0 Å². The molecule has 1 aromatic carbocycles. The van der Waals surface area contributed by atoms with Crippen molar-refractivity contribution in [1.82, 2.24) is 5.32 Å². The van der Waals surface area contributed by atoms with Crippen LogP contribution in [0.4, 0.5) is 0 Å². The zero-order valence-corrected chi connectivity index (χ0v) is 11.2. The first-order valence-electron chi connectivity index (χ1n) is 5.72. The maximum Gasteiger partial charge on any atom is 0.0587 e. The Morgan fingerprint density at radius 1 is 1.18 bits per heavy atom. The highest BCUT2D eigenvalue weighted by molar-refractivity contribution is 6.30. The van der Waals surface area contributed by atoms with Gasteiger partial charge in [0.1, 0.15) is 0 Å². The third-order valence-electron chi connectivity index (χ3n) is 2.58. The summed E-state index contributed by atoms with van der Waals surface area (Å²) in [5.41, 5.74) is 1.24. The minimum atomic E-state index is 0.342. The van der Waals surface area contributed by atoms with Crippen LogP contribution < -0.4 is 5.32 Å². The smallest absolute Gasteiger partial charge is 0.0587 e. The van der Waals surface area contributed by atoms with Crippen LogP contribution in [0, 0.1) is 0 Å². The Balaban J connectivity index is 2.49. The first-order chi connectivity index (χ1) is 8.27. The lowest BCUT2D eigenvalue weighted by Gasteiger charge is -2.17. The van der Waals surface area contributed by atoms with Gasteiger partial charge >= 0.3 is 0 Å². The number of hydrogen-bond acceptors (Lipinski definition) is 3. The summed E-state index contributed by atoms with van der Waals surface area (Å²) in [7, 11) is 3.42. The van der Waals surface area contributed by atoms with Crippen LogP contribution >= 0.6 is 11.6 Å². The molecule has 0 saturated carbocycles. The second-order valence-electron chi connectivity index (χ2n) is 3.90. The van der Waals surface area contributed by atoms with Crippen LogP contribution in [-0.4, -0.2) is 40.5 Å². The Labute approximate surface area is 108 Å². The van der Waals surface area contributed by atoms with Crippen LogP contribution in [0.2, 0.25) is 5.02 Å². The predicted molar refractivity (Wildman–Crippen MR) is 70.8 cm³/mol. The van der Waals surface area contributed by atoms with Crippen molar-refractivity contribution in [3.05, 3.63) is 34.9 Å². The summed E-state index contributed by atoms with van der Waals surface area (Å²) in [5.74, 6) is 0.342. The molecule has 3 nitrogen and oxygen atoms in total. The van der Waals surface area contributed by atoms with Gasteiger partial charge in [0, 0.05) is 38.2 Å². The Morgan fingerprint density at radius 2 is 1.88 bits per heavy atom. The van der Waals surface area contributed by atoms with Crippen molar-refractivity contribution in [2.24, 2.45) is 0 Å². The summed E-state index contributed by atoms with van der Waals surface area (Å²) in [6.45, 7) is 3.14. The van der Waals surface area contributed by atoms with Crippen molar-refractivity contribution in [3.8, 4) is 0 Å². The SMILES string of the molecule is COCCNCC(COC)c1ccc(Cl)cc1. The van der Waals surface area contributed by atoms with E-state index in [9.17, 15) is 0 Å². The molecule has 0 aliphatic carbocycles. The van der Waals surface area contributed by atoms with E-state index in [-0.39, 0.29) is 0 Å². The molecule has 1 atom stereocenters. The number of ether oxygens (including phenoxy) is 2. The zero-order chi connectivity index (χ0) is 12.5. The maximum absolute atomic E-state index is 5.88. The third-order valence-corrected chi connectivity index (χ3v) is 2.83. The van der Waals surface area contributed by atoms with Gasteiger partial charge in [0.2, 0.25) is 0 Å². The van der Waals surface area contributed by atoms with Gasteiger partial charge in [-0.1, -0.05) is 23.7 Å². The number of nitrogens with one attached hydrogen (secondary N) is 1. The fourth-order valence-corrected chi connectivity index (χ4v) is 1.79. The molecule has 1 rings (SSSR count). The second kappa shape index (κ2) is 8.48. The molecule has 0 aromatic heterocycles. The Morgan fingerprint density at radius 3 is 2.47 bits per heavy atom. The van der Waals surface area contributed by atoms with Crippen molar-refractivity contribution < 1.29 is 9.47 Å². The van der Waals surface area contributed by atoms with E-state index in [2.05, 4.69) is 5.32 Å². The minimum absolute atomic E-state index is 0.342. The van der Waals surface area contributed by atoms with Crippen LogP contribution in [0.5, 0.6) is 0 Å². The number of halogens is 1. The largest absolute Gasteiger partial charge is 0.384 e. The molecule has 1 N–H and O–H groups in total. The van der Waals surface area contributed by atoms with Gasteiger partial charge < -0.3 is 14.8 Å². The maximum atomic E-state index is 5.88. The van der Waals surface area contributed by atoms with Gasteiger partial charge in [0.05, 0.1) is 13.2 Å². The summed E-state index contributed by atoms with van der Waals surface area (Å²) in [6, 6.07) is 7.91. The fourth-order valence-electron chi connectivity index (χ4n) is 1.66. The molecule has 4 heteroatoms. The normalized spacial score (nSPS) is 12.6. The molecule has 96 valence electrons. The van der Waals surface area contributed by atoms with Crippen molar-refractivity contribution in [2.75, 3.05) is 40.5 Å². The Hall–Kier alpha value is -0.610. The summed E-state index contributed by atoms with van der Waals surface area (Å²) >= 11 is 5.88. The Bertz CT molecular complexity index is 303. The lowest BCUT2D eigenvalue weighted by atomic mass is 10.00. The molecular weight excluding hydrogens is 238 g/mol. The monoisotopic (exact) mass is 257 g/mol. The van der Waals surface area contributed by atoms with Gasteiger partial charge in [0.15, 0.2) is 0 Å². The number of hydrogen-bond donors (Lipinski definition) is 1. The number of rotatable bonds is 8. The van der Waals surface area contributed by atoms with Gasteiger partial charge in [-0.15, -0.1) is 0 Å². The molecule has 0 bridgehead atoms. The van der Waals surface area contributed by atoms with Gasteiger partial charge in [-0.2, -0.15) is 0 Å². The van der Waals surface area contributed by atoms with E-state index in [1.807, 2.05) is 24.3 Å². The molecule has 1 unspecified atom stereocenters. The molecule has 0 heterocycles. The predicted octanol–water partition coefficient (Wildman–Crippen LogP) is 2.31. The average molecular weight is 258 g/mol. The van der Waals surface area contributed by atoms with Crippen LogP contribution in [0.25, 0.3) is 0 Å². The van der Waals surface area contributed by atoms with Gasteiger partial charge in [-0.25, -0.2) is 0 Å². The summed E-state index contributed by atoms with van der Waals surface area (Å²) in [5, 5.41) is 4.11. The van der Waals surface area contributed by atoms with Crippen molar-refractivity contribution in [1.29, 1.82) is 0 Å². The summed E-state index contributed by atoms with van der Waals surface area (Å²) in [6.07, 6.45) is 0. The molecule has 0 aliphatic rings. The number of methoxy groups -OCH3 is 2. The van der Waals surface area contributed by atoms with E-state index in [0.29, 0.717) is 12.5 Å². The van der Waals surface area contributed by atoms with E-state index >= 15 is 0 Å². The molecule has 17 heavy (non-hydrogen) atoms. The highest BCUT2D eigenvalue weighted by Crippen LogP contribution is 2.18. The number of benzene rings is 1. The van der Waals surface area contributed by atoms with Gasteiger partial charge in [-0.3, -0.25) is 0 Å². The van der Waals surface area contributed by atoms with Crippen molar-refractivity contribution >= 4 is 11.6 Å². The molecule has 0 spiro atoms. The first-order valence-corrected chi connectivity index (χ1v) is 6.09. The van der Waals surface area contributed by atoms with E-state index in [4.69, 9.17) is 21.1 Å². The van der Waals surface area contributed by atoms with Crippen LogP contribution in [0.1, 0.15) is 11.5 Å². The average Bonchev–Trinajstić information content (AvgIpc) is 2.34. The standard InChI is InChI=1S/C13H20ClNO2/c1-16-8-7-15-9-12(10-17-2)11-3-5-13(14)6-4-11/h3-6,12,15H,7-10H2,1-2H3. The fraction of sp³-hybridized carbons (Fsp3) is 0.538. The van der Waals surface area contributed by atoms with Gasteiger partial charge in [-0.05, 0) is 17.7 Å². The molecule has 1 aromatic rings. The first kappa shape index (κ1) is 14.5. The lowest BCUT2D eigenvalue weighted by molar-refractivity contribution is 0.172. The molecule has 0 amide bonds. The topological polar surface area (TPSA) is 30.5 Å². The quantitative estimate of drug-likeness (QED) is 0.725. The zero-order valence-electron chi connectivity index (χ0n) is 10.4. The van der Waals surface area contributed by atoms with E-state index in [0.717, 1.165) is 24.7 Å². The lowest BCUT2D eigenvalue weighted by Crippen LogP contribution is -2.27. The van der Waals surface area contributed by atoms with Crippen LogP contribution in [0.3, 0.4) is 0 Å². The van der Waals surface area contributed by atoms with Crippen molar-refractivity contribution in [3.63, 3.8) is 0 Å². The highest BCUT2D eigenvalue weighted by atomic mass is 35.5. The Kier molecular flexibility index (Phi) is 7.21. The van der Waals surface area contributed by atoms with E-state index < -0.39 is 0 Å². The minimum Gasteiger partial charge on any atom is -0.384 e. The molecular formula is C13H20ClNO2. The van der Waals surface area contributed by atoms with E-state index in [1.54, 1.807) is 14.2 Å². The molecule has 0 radical (unpaired) electrons.